The minimum absolute atomic E-state index is 0.00870. The van der Waals surface area contributed by atoms with Gasteiger partial charge in [-0.3, -0.25) is 9.48 Å². The van der Waals surface area contributed by atoms with Crippen LogP contribution in [0.1, 0.15) is 37.2 Å². The minimum atomic E-state index is 0.00870. The Morgan fingerprint density at radius 1 is 1.47 bits per heavy atom. The van der Waals surface area contributed by atoms with Crippen molar-refractivity contribution in [1.82, 2.24) is 9.78 Å². The van der Waals surface area contributed by atoms with E-state index in [0.717, 1.165) is 19.4 Å². The summed E-state index contributed by atoms with van der Waals surface area (Å²) in [6, 6.07) is 1.74. The molecule has 0 unspecified atom stereocenters. The van der Waals surface area contributed by atoms with Crippen LogP contribution in [0, 0.1) is 0 Å². The number of carbonyl (C=O) groups is 1. The highest BCUT2D eigenvalue weighted by atomic mass is 16.5. The number of Topliss-reactive ketones (excluding diaryl/α,β-unsaturated/α-hetero) is 1. The Morgan fingerprint density at radius 3 is 2.93 bits per heavy atom. The molecule has 1 rings (SSSR count). The summed E-state index contributed by atoms with van der Waals surface area (Å²) in [5, 5.41) is 4.10. The molecule has 0 saturated heterocycles. The molecule has 0 aromatic carbocycles. The van der Waals surface area contributed by atoms with E-state index in [-0.39, 0.29) is 12.4 Å². The number of ketones is 1. The van der Waals surface area contributed by atoms with Crippen LogP contribution in [0.5, 0.6) is 0 Å². The van der Waals surface area contributed by atoms with Crippen LogP contribution < -0.4 is 0 Å². The molecule has 15 heavy (non-hydrogen) atoms. The Bertz CT molecular complexity index is 307. The van der Waals surface area contributed by atoms with Crippen LogP contribution in [0.3, 0.4) is 0 Å². The monoisotopic (exact) mass is 210 g/mol. The van der Waals surface area contributed by atoms with Gasteiger partial charge in [0.25, 0.3) is 0 Å². The lowest BCUT2D eigenvalue weighted by Gasteiger charge is -2.05. The fourth-order valence-corrected chi connectivity index (χ4v) is 1.34. The third-order valence-corrected chi connectivity index (χ3v) is 2.02. The Kier molecular flexibility index (Phi) is 5.04. The average Bonchev–Trinajstić information content (AvgIpc) is 2.67. The summed E-state index contributed by atoms with van der Waals surface area (Å²) in [7, 11) is 0. The number of rotatable bonds is 7. The zero-order valence-corrected chi connectivity index (χ0v) is 9.40. The van der Waals surface area contributed by atoms with Gasteiger partial charge in [0.2, 0.25) is 5.78 Å². The van der Waals surface area contributed by atoms with E-state index < -0.39 is 0 Å². The van der Waals surface area contributed by atoms with Crippen molar-refractivity contribution >= 4 is 5.78 Å². The first-order valence-electron chi connectivity index (χ1n) is 5.42. The number of aromatic nitrogens is 2. The van der Waals surface area contributed by atoms with Crippen LogP contribution in [0.2, 0.25) is 0 Å². The number of aryl methyl sites for hydroxylation is 1. The molecule has 0 radical (unpaired) electrons. The molecule has 4 nitrogen and oxygen atoms in total. The quantitative estimate of drug-likeness (QED) is 0.510. The van der Waals surface area contributed by atoms with Gasteiger partial charge in [-0.05, 0) is 18.9 Å². The van der Waals surface area contributed by atoms with Gasteiger partial charge in [-0.1, -0.05) is 13.8 Å². The molecule has 0 saturated carbocycles. The highest BCUT2D eigenvalue weighted by Gasteiger charge is 2.11. The first kappa shape index (κ1) is 11.9. The van der Waals surface area contributed by atoms with Crippen molar-refractivity contribution in [3.63, 3.8) is 0 Å². The second kappa shape index (κ2) is 6.35. The molecule has 1 heterocycles. The number of nitrogens with zero attached hydrogens (tertiary/aromatic N) is 2. The molecule has 0 bridgehead atoms. The summed E-state index contributed by atoms with van der Waals surface area (Å²) in [4.78, 5) is 11.7. The summed E-state index contributed by atoms with van der Waals surface area (Å²) in [6.07, 6.45) is 3.56. The van der Waals surface area contributed by atoms with Gasteiger partial charge < -0.3 is 4.74 Å². The number of hydrogen-bond donors (Lipinski definition) is 0. The van der Waals surface area contributed by atoms with E-state index in [1.165, 1.54) is 0 Å². The smallest absolute Gasteiger partial charge is 0.206 e. The summed E-state index contributed by atoms with van der Waals surface area (Å²) in [5.41, 5.74) is 0.646. The molecule has 0 aliphatic rings. The number of hydrogen-bond acceptors (Lipinski definition) is 3. The van der Waals surface area contributed by atoms with Gasteiger partial charge >= 0.3 is 0 Å². The van der Waals surface area contributed by atoms with E-state index >= 15 is 0 Å². The SMILES string of the molecule is CCCOCC(=O)c1ccnn1CCC. The van der Waals surface area contributed by atoms with Crippen LogP contribution in [0.25, 0.3) is 0 Å². The third-order valence-electron chi connectivity index (χ3n) is 2.02. The van der Waals surface area contributed by atoms with E-state index in [9.17, 15) is 4.79 Å². The van der Waals surface area contributed by atoms with Gasteiger partial charge in [0.1, 0.15) is 12.3 Å². The highest BCUT2D eigenvalue weighted by molar-refractivity contribution is 5.95. The maximum atomic E-state index is 11.7. The topological polar surface area (TPSA) is 44.1 Å². The maximum Gasteiger partial charge on any atom is 0.206 e. The van der Waals surface area contributed by atoms with Crippen LogP contribution >= 0.6 is 0 Å². The molecule has 0 aliphatic carbocycles. The number of ether oxygens (including phenoxy) is 1. The Labute approximate surface area is 90.2 Å². The molecule has 1 aromatic rings. The molecule has 0 amide bonds. The maximum absolute atomic E-state index is 11.7. The van der Waals surface area contributed by atoms with Crippen molar-refractivity contribution in [2.24, 2.45) is 0 Å². The molecule has 0 atom stereocenters. The fourth-order valence-electron chi connectivity index (χ4n) is 1.34. The molecule has 0 fully saturated rings. The van der Waals surface area contributed by atoms with E-state index in [1.54, 1.807) is 16.9 Å². The van der Waals surface area contributed by atoms with Crippen LogP contribution in [0.4, 0.5) is 0 Å². The Hall–Kier alpha value is -1.16. The lowest BCUT2D eigenvalue weighted by Crippen LogP contribution is -2.15. The molecule has 0 N–H and O–H groups in total. The third kappa shape index (κ3) is 3.47. The van der Waals surface area contributed by atoms with Crippen LogP contribution in [-0.2, 0) is 11.3 Å². The first-order valence-corrected chi connectivity index (χ1v) is 5.42. The van der Waals surface area contributed by atoms with E-state index in [0.29, 0.717) is 12.3 Å². The van der Waals surface area contributed by atoms with Crippen LogP contribution in [-0.4, -0.2) is 28.8 Å². The highest BCUT2D eigenvalue weighted by Crippen LogP contribution is 2.02. The van der Waals surface area contributed by atoms with Gasteiger partial charge in [0, 0.05) is 19.3 Å². The predicted molar refractivity (Wildman–Crippen MR) is 58.0 cm³/mol. The Balaban J connectivity index is 2.53. The predicted octanol–water partition coefficient (Wildman–Crippen LogP) is 1.90. The second-order valence-corrected chi connectivity index (χ2v) is 3.42. The van der Waals surface area contributed by atoms with Crippen molar-refractivity contribution < 1.29 is 9.53 Å². The zero-order valence-electron chi connectivity index (χ0n) is 9.40. The fraction of sp³-hybridized carbons (Fsp3) is 0.636. The van der Waals surface area contributed by atoms with Crippen LogP contribution in [0.15, 0.2) is 12.3 Å². The molecule has 0 aliphatic heterocycles. The molecule has 0 spiro atoms. The molecular weight excluding hydrogens is 192 g/mol. The molecule has 1 aromatic heterocycles. The summed E-state index contributed by atoms with van der Waals surface area (Å²) in [5.74, 6) is 0.00870. The number of carbonyl (C=O) groups excluding carboxylic acids is 1. The Morgan fingerprint density at radius 2 is 2.27 bits per heavy atom. The van der Waals surface area contributed by atoms with Crippen molar-refractivity contribution in [2.75, 3.05) is 13.2 Å². The largest absolute Gasteiger partial charge is 0.373 e. The van der Waals surface area contributed by atoms with Crippen molar-refractivity contribution in [2.45, 2.75) is 33.2 Å². The summed E-state index contributed by atoms with van der Waals surface area (Å²) in [6.45, 7) is 5.65. The first-order chi connectivity index (χ1) is 7.29. The van der Waals surface area contributed by atoms with Gasteiger partial charge in [0.05, 0.1) is 0 Å². The molecular formula is C11H18N2O2. The van der Waals surface area contributed by atoms with Gasteiger partial charge in [-0.15, -0.1) is 0 Å². The van der Waals surface area contributed by atoms with Crippen molar-refractivity contribution in [3.05, 3.63) is 18.0 Å². The lowest BCUT2D eigenvalue weighted by atomic mass is 10.3. The summed E-state index contributed by atoms with van der Waals surface area (Å²) >= 11 is 0. The van der Waals surface area contributed by atoms with Gasteiger partial charge in [-0.25, -0.2) is 0 Å². The lowest BCUT2D eigenvalue weighted by molar-refractivity contribution is 0.0750. The zero-order chi connectivity index (χ0) is 11.1. The van der Waals surface area contributed by atoms with Crippen molar-refractivity contribution in [1.29, 1.82) is 0 Å². The average molecular weight is 210 g/mol. The van der Waals surface area contributed by atoms with Crippen molar-refractivity contribution in [3.8, 4) is 0 Å². The van der Waals surface area contributed by atoms with E-state index in [4.69, 9.17) is 4.74 Å². The van der Waals surface area contributed by atoms with E-state index in [2.05, 4.69) is 12.0 Å². The summed E-state index contributed by atoms with van der Waals surface area (Å²) < 4.78 is 6.94. The molecule has 84 valence electrons. The second-order valence-electron chi connectivity index (χ2n) is 3.42. The van der Waals surface area contributed by atoms with Gasteiger partial charge in [0.15, 0.2) is 0 Å². The van der Waals surface area contributed by atoms with E-state index in [1.807, 2.05) is 6.92 Å². The standard InChI is InChI=1S/C11H18N2O2/c1-3-7-13-10(5-6-12-13)11(14)9-15-8-4-2/h5-6H,3-4,7-9H2,1-2H3. The van der Waals surface area contributed by atoms with Gasteiger partial charge in [-0.2, -0.15) is 5.10 Å². The minimum Gasteiger partial charge on any atom is -0.373 e. The normalized spacial score (nSPS) is 10.5. The molecule has 4 heteroatoms.